The van der Waals surface area contributed by atoms with Crippen LogP contribution in [0.4, 0.5) is 17.1 Å². The summed E-state index contributed by atoms with van der Waals surface area (Å²) in [6.45, 7) is 4.16. The molecule has 156 valence electrons. The van der Waals surface area contributed by atoms with E-state index in [-0.39, 0.29) is 29.6 Å². The first kappa shape index (κ1) is 19.9. The van der Waals surface area contributed by atoms with E-state index >= 15 is 0 Å². The molecule has 3 N–H and O–H groups in total. The van der Waals surface area contributed by atoms with Crippen LogP contribution in [-0.4, -0.2) is 42.2 Å². The lowest BCUT2D eigenvalue weighted by Crippen LogP contribution is -2.33. The summed E-state index contributed by atoms with van der Waals surface area (Å²) in [7, 11) is 0. The van der Waals surface area contributed by atoms with E-state index in [1.165, 1.54) is 6.07 Å². The van der Waals surface area contributed by atoms with Crippen LogP contribution in [0.1, 0.15) is 29.1 Å². The zero-order valence-electron chi connectivity index (χ0n) is 16.4. The fraction of sp³-hybridized carbons (Fsp3) is 0.286. The van der Waals surface area contributed by atoms with Gasteiger partial charge in [0, 0.05) is 35.9 Å². The molecule has 0 saturated carbocycles. The van der Waals surface area contributed by atoms with E-state index in [0.717, 1.165) is 24.3 Å². The number of H-pyrrole nitrogens is 1. The van der Waals surface area contributed by atoms with Crippen molar-refractivity contribution in [2.75, 3.05) is 31.6 Å². The number of hydrogen-bond acceptors (Lipinski definition) is 7. The van der Waals surface area contributed by atoms with E-state index in [2.05, 4.69) is 15.6 Å². The molecule has 1 aliphatic rings. The molecule has 1 atom stereocenters. The van der Waals surface area contributed by atoms with E-state index in [0.29, 0.717) is 17.7 Å². The van der Waals surface area contributed by atoms with Crippen LogP contribution in [-0.2, 0) is 9.47 Å². The van der Waals surface area contributed by atoms with Crippen molar-refractivity contribution < 1.29 is 19.2 Å². The number of nitro benzene ring substituents is 1. The number of hydrogen-bond donors (Lipinski definition) is 3. The second kappa shape index (κ2) is 8.52. The Bertz CT molecular complexity index is 1090. The smallest absolute Gasteiger partial charge is 0.354 e. The molecule has 9 nitrogen and oxygen atoms in total. The summed E-state index contributed by atoms with van der Waals surface area (Å²) < 4.78 is 10.8. The molecule has 3 aromatic rings. The summed E-state index contributed by atoms with van der Waals surface area (Å²) in [4.78, 5) is 25.9. The van der Waals surface area contributed by atoms with Crippen molar-refractivity contribution in [1.29, 1.82) is 0 Å². The summed E-state index contributed by atoms with van der Waals surface area (Å²) >= 11 is 0. The zero-order valence-corrected chi connectivity index (χ0v) is 16.4. The molecule has 0 spiro atoms. The Morgan fingerprint density at radius 1 is 1.33 bits per heavy atom. The van der Waals surface area contributed by atoms with Gasteiger partial charge < -0.3 is 25.1 Å². The second-order valence-corrected chi connectivity index (χ2v) is 6.90. The lowest BCUT2D eigenvalue weighted by Gasteiger charge is -2.24. The number of fused-ring (bicyclic) bond motifs is 1. The number of nitrogens with one attached hydrogen (secondary N) is 3. The SMILES string of the molecule is CCOC(=O)c1cc2c(Nc3cccc(C4CNCCO4)c3)ccc([N+](=O)[O-])c2[nH]1. The highest BCUT2D eigenvalue weighted by atomic mass is 16.6. The largest absolute Gasteiger partial charge is 0.461 e. The number of esters is 1. The van der Waals surface area contributed by atoms with Crippen LogP contribution in [0.25, 0.3) is 10.9 Å². The molecule has 2 heterocycles. The maximum atomic E-state index is 12.1. The lowest BCUT2D eigenvalue weighted by atomic mass is 10.1. The number of ether oxygens (including phenoxy) is 2. The van der Waals surface area contributed by atoms with Crippen molar-refractivity contribution >= 4 is 33.9 Å². The Labute approximate surface area is 172 Å². The Kier molecular flexibility index (Phi) is 5.64. The number of benzene rings is 2. The molecule has 0 bridgehead atoms. The maximum Gasteiger partial charge on any atom is 0.354 e. The first-order chi connectivity index (χ1) is 14.6. The van der Waals surface area contributed by atoms with Crippen LogP contribution in [0.15, 0.2) is 42.5 Å². The summed E-state index contributed by atoms with van der Waals surface area (Å²) in [5, 5.41) is 18.6. The van der Waals surface area contributed by atoms with Gasteiger partial charge in [0.2, 0.25) is 0 Å². The molecule has 0 amide bonds. The third-order valence-electron chi connectivity index (χ3n) is 4.93. The minimum atomic E-state index is -0.558. The number of rotatable bonds is 6. The number of aromatic nitrogens is 1. The van der Waals surface area contributed by atoms with Gasteiger partial charge in [-0.2, -0.15) is 0 Å². The Morgan fingerprint density at radius 3 is 2.93 bits per heavy atom. The monoisotopic (exact) mass is 410 g/mol. The highest BCUT2D eigenvalue weighted by molar-refractivity contribution is 6.04. The summed E-state index contributed by atoms with van der Waals surface area (Å²) in [5.41, 5.74) is 2.81. The Morgan fingerprint density at radius 2 is 2.20 bits per heavy atom. The average molecular weight is 410 g/mol. The van der Waals surface area contributed by atoms with Gasteiger partial charge in [-0.1, -0.05) is 12.1 Å². The van der Waals surface area contributed by atoms with Crippen LogP contribution in [0.3, 0.4) is 0 Å². The summed E-state index contributed by atoms with van der Waals surface area (Å²) in [6.07, 6.45) is -0.0277. The molecule has 1 aromatic heterocycles. The molecule has 1 aliphatic heterocycles. The van der Waals surface area contributed by atoms with Gasteiger partial charge in [-0.15, -0.1) is 0 Å². The topological polar surface area (TPSA) is 119 Å². The number of carbonyl (C=O) groups excluding carboxylic acids is 1. The fourth-order valence-electron chi connectivity index (χ4n) is 3.54. The molecular weight excluding hydrogens is 388 g/mol. The van der Waals surface area contributed by atoms with E-state index in [9.17, 15) is 14.9 Å². The molecule has 1 saturated heterocycles. The third-order valence-corrected chi connectivity index (χ3v) is 4.93. The highest BCUT2D eigenvalue weighted by Crippen LogP contribution is 2.34. The molecule has 0 aliphatic carbocycles. The molecule has 1 fully saturated rings. The van der Waals surface area contributed by atoms with Crippen molar-refractivity contribution in [3.8, 4) is 0 Å². The quantitative estimate of drug-likeness (QED) is 0.322. The molecule has 4 rings (SSSR count). The van der Waals surface area contributed by atoms with Gasteiger partial charge in [-0.3, -0.25) is 10.1 Å². The van der Waals surface area contributed by atoms with Gasteiger partial charge in [-0.25, -0.2) is 4.79 Å². The molecular formula is C21H22N4O5. The van der Waals surface area contributed by atoms with Gasteiger partial charge >= 0.3 is 5.97 Å². The number of nitro groups is 1. The molecule has 1 unspecified atom stereocenters. The Hall–Kier alpha value is -3.43. The summed E-state index contributed by atoms with van der Waals surface area (Å²) in [5.74, 6) is -0.558. The van der Waals surface area contributed by atoms with Crippen LogP contribution >= 0.6 is 0 Å². The summed E-state index contributed by atoms with van der Waals surface area (Å²) in [6, 6.07) is 12.4. The van der Waals surface area contributed by atoms with Crippen LogP contribution < -0.4 is 10.6 Å². The van der Waals surface area contributed by atoms with Crippen molar-refractivity contribution in [3.63, 3.8) is 0 Å². The van der Waals surface area contributed by atoms with Crippen LogP contribution in [0.5, 0.6) is 0 Å². The van der Waals surface area contributed by atoms with Gasteiger partial charge in [0.15, 0.2) is 0 Å². The molecule has 0 radical (unpaired) electrons. The maximum absolute atomic E-state index is 12.1. The van der Waals surface area contributed by atoms with Crippen LogP contribution in [0, 0.1) is 10.1 Å². The zero-order chi connectivity index (χ0) is 21.1. The second-order valence-electron chi connectivity index (χ2n) is 6.90. The number of aromatic amines is 1. The predicted octanol–water partition coefficient (Wildman–Crippen LogP) is 3.66. The van der Waals surface area contributed by atoms with Crippen molar-refractivity contribution in [1.82, 2.24) is 10.3 Å². The number of morpholine rings is 1. The van der Waals surface area contributed by atoms with E-state index < -0.39 is 10.9 Å². The fourth-order valence-corrected chi connectivity index (χ4v) is 3.54. The van der Waals surface area contributed by atoms with Crippen molar-refractivity contribution in [2.24, 2.45) is 0 Å². The van der Waals surface area contributed by atoms with Gasteiger partial charge in [0.25, 0.3) is 5.69 Å². The van der Waals surface area contributed by atoms with Gasteiger partial charge in [0.05, 0.1) is 24.2 Å². The Balaban J connectivity index is 1.69. The first-order valence-electron chi connectivity index (χ1n) is 9.73. The average Bonchev–Trinajstić information content (AvgIpc) is 3.21. The van der Waals surface area contributed by atoms with E-state index in [1.807, 2.05) is 24.3 Å². The minimum absolute atomic E-state index is 0.0277. The molecule has 9 heteroatoms. The van der Waals surface area contributed by atoms with E-state index in [4.69, 9.17) is 9.47 Å². The number of carbonyl (C=O) groups is 1. The third kappa shape index (κ3) is 3.98. The normalized spacial score (nSPS) is 16.4. The first-order valence-corrected chi connectivity index (χ1v) is 9.73. The van der Waals surface area contributed by atoms with Crippen molar-refractivity contribution in [2.45, 2.75) is 13.0 Å². The highest BCUT2D eigenvalue weighted by Gasteiger charge is 2.21. The van der Waals surface area contributed by atoms with Crippen LogP contribution in [0.2, 0.25) is 0 Å². The predicted molar refractivity (Wildman–Crippen MR) is 112 cm³/mol. The molecule has 2 aromatic carbocycles. The standard InChI is InChI=1S/C21H22N4O5/c1-2-29-21(26)17-11-15-16(6-7-18(25(27)28)20(15)24-17)23-14-5-3-4-13(10-14)19-12-22-8-9-30-19/h3-7,10-11,19,22-24H,2,8-9,12H2,1H3. The molecule has 30 heavy (non-hydrogen) atoms. The number of anilines is 2. The van der Waals surface area contributed by atoms with E-state index in [1.54, 1.807) is 19.1 Å². The van der Waals surface area contributed by atoms with Gasteiger partial charge in [0.1, 0.15) is 11.2 Å². The minimum Gasteiger partial charge on any atom is -0.461 e. The van der Waals surface area contributed by atoms with Crippen molar-refractivity contribution in [3.05, 3.63) is 63.8 Å². The number of nitrogens with zero attached hydrogens (tertiary/aromatic N) is 1. The lowest BCUT2D eigenvalue weighted by molar-refractivity contribution is -0.383. The number of non-ortho nitro benzene ring substituents is 1. The van der Waals surface area contributed by atoms with Gasteiger partial charge in [-0.05, 0) is 36.8 Å².